The quantitative estimate of drug-likeness (QED) is 0.602. The number of carbonyl (C=O) groups excluding carboxylic acids is 1. The second kappa shape index (κ2) is 2.93. The van der Waals surface area contributed by atoms with Crippen LogP contribution in [0.4, 0.5) is 13.2 Å². The number of ether oxygens (including phenoxy) is 1. The van der Waals surface area contributed by atoms with Gasteiger partial charge in [-0.05, 0) is 0 Å². The summed E-state index contributed by atoms with van der Waals surface area (Å²) >= 11 is 0. The fraction of sp³-hybridized carbons (Fsp3) is 0.833. The molecule has 0 aliphatic carbocycles. The lowest BCUT2D eigenvalue weighted by Gasteiger charge is -2.08. The fourth-order valence-corrected chi connectivity index (χ4v) is 1.03. The monoisotopic (exact) mass is 184 g/mol. The molecule has 2 atom stereocenters. The van der Waals surface area contributed by atoms with Crippen molar-refractivity contribution in [3.05, 3.63) is 0 Å². The molecule has 1 aliphatic rings. The zero-order valence-electron chi connectivity index (χ0n) is 5.97. The molecule has 0 aromatic rings. The third-order valence-electron chi connectivity index (χ3n) is 1.66. The van der Waals surface area contributed by atoms with Crippen LogP contribution in [0.25, 0.3) is 0 Å². The van der Waals surface area contributed by atoms with Crippen molar-refractivity contribution < 1.29 is 27.8 Å². The molecule has 3 nitrogen and oxygen atoms in total. The van der Waals surface area contributed by atoms with Crippen LogP contribution in [0.1, 0.15) is 6.42 Å². The summed E-state index contributed by atoms with van der Waals surface area (Å²) in [6.07, 6.45) is -6.02. The van der Waals surface area contributed by atoms with Gasteiger partial charge in [0.15, 0.2) is 5.92 Å². The van der Waals surface area contributed by atoms with Gasteiger partial charge in [-0.2, -0.15) is 13.2 Å². The van der Waals surface area contributed by atoms with Gasteiger partial charge < -0.3 is 9.84 Å². The number of alkyl halides is 3. The summed E-state index contributed by atoms with van der Waals surface area (Å²) in [6, 6.07) is 0. The molecule has 1 heterocycles. The van der Waals surface area contributed by atoms with Gasteiger partial charge in [0.25, 0.3) is 0 Å². The third kappa shape index (κ3) is 1.69. The summed E-state index contributed by atoms with van der Waals surface area (Å²) in [7, 11) is 0. The molecule has 1 aliphatic heterocycles. The van der Waals surface area contributed by atoms with Crippen LogP contribution in [-0.4, -0.2) is 30.0 Å². The molecule has 0 unspecified atom stereocenters. The molecule has 1 N–H and O–H groups in total. The summed E-state index contributed by atoms with van der Waals surface area (Å²) in [5.41, 5.74) is 0. The van der Waals surface area contributed by atoms with Crippen LogP contribution < -0.4 is 0 Å². The number of rotatable bonds is 1. The molecule has 0 spiro atoms. The summed E-state index contributed by atoms with van der Waals surface area (Å²) in [4.78, 5) is 10.5. The van der Waals surface area contributed by atoms with Crippen molar-refractivity contribution in [2.75, 3.05) is 6.61 Å². The summed E-state index contributed by atoms with van der Waals surface area (Å²) < 4.78 is 40.1. The maximum absolute atomic E-state index is 11.9. The van der Waals surface area contributed by atoms with Gasteiger partial charge in [0, 0.05) is 6.42 Å². The highest BCUT2D eigenvalue weighted by Crippen LogP contribution is 2.35. The van der Waals surface area contributed by atoms with Crippen LogP contribution in [-0.2, 0) is 9.53 Å². The molecule has 1 fully saturated rings. The average Bonchev–Trinajstić information content (AvgIpc) is 2.29. The van der Waals surface area contributed by atoms with E-state index < -0.39 is 37.2 Å². The molecule has 70 valence electrons. The van der Waals surface area contributed by atoms with Crippen molar-refractivity contribution in [2.24, 2.45) is 5.92 Å². The smallest absolute Gasteiger partial charge is 0.402 e. The highest BCUT2D eigenvalue weighted by molar-refractivity contribution is 5.75. The minimum atomic E-state index is -4.55. The number of cyclic esters (lactones) is 1. The normalized spacial score (nSPS) is 30.5. The van der Waals surface area contributed by atoms with Crippen molar-refractivity contribution in [3.8, 4) is 0 Å². The van der Waals surface area contributed by atoms with E-state index in [1.165, 1.54) is 0 Å². The number of aliphatic hydroxyl groups is 1. The Morgan fingerprint density at radius 2 is 2.17 bits per heavy atom. The van der Waals surface area contributed by atoms with Gasteiger partial charge in [0.05, 0.1) is 6.61 Å². The first-order valence-electron chi connectivity index (χ1n) is 3.33. The van der Waals surface area contributed by atoms with Gasteiger partial charge in [0.1, 0.15) is 6.10 Å². The maximum Gasteiger partial charge on any atom is 0.402 e. The molecule has 0 radical (unpaired) electrons. The molecule has 0 saturated carbocycles. The van der Waals surface area contributed by atoms with Crippen LogP contribution in [0, 0.1) is 5.92 Å². The minimum Gasteiger partial charge on any atom is -0.459 e. The Bertz CT molecular complexity index is 189. The first-order chi connectivity index (χ1) is 5.45. The van der Waals surface area contributed by atoms with Gasteiger partial charge in [-0.3, -0.25) is 4.79 Å². The molecule has 1 rings (SSSR count). The van der Waals surface area contributed by atoms with Crippen LogP contribution in [0.3, 0.4) is 0 Å². The van der Waals surface area contributed by atoms with Crippen LogP contribution >= 0.6 is 0 Å². The first-order valence-corrected chi connectivity index (χ1v) is 3.33. The summed E-state index contributed by atoms with van der Waals surface area (Å²) in [5.74, 6) is -3.35. The standard InChI is InChI=1S/C6H7F3O3/c7-6(8,9)4-1-3(2-10)12-5(4)11/h3-4,10H,1-2H2/t3-,4-/m0/s1. The number of carbonyl (C=O) groups is 1. The van der Waals surface area contributed by atoms with Crippen molar-refractivity contribution in [1.82, 2.24) is 0 Å². The number of aliphatic hydroxyl groups excluding tert-OH is 1. The van der Waals surface area contributed by atoms with Crippen LogP contribution in [0.15, 0.2) is 0 Å². The van der Waals surface area contributed by atoms with Crippen LogP contribution in [0.5, 0.6) is 0 Å². The van der Waals surface area contributed by atoms with E-state index >= 15 is 0 Å². The van der Waals surface area contributed by atoms with E-state index in [9.17, 15) is 18.0 Å². The van der Waals surface area contributed by atoms with E-state index in [1.54, 1.807) is 0 Å². The highest BCUT2D eigenvalue weighted by atomic mass is 19.4. The average molecular weight is 184 g/mol. The Morgan fingerprint density at radius 1 is 1.58 bits per heavy atom. The Morgan fingerprint density at radius 3 is 2.42 bits per heavy atom. The molecular weight excluding hydrogens is 177 g/mol. The summed E-state index contributed by atoms with van der Waals surface area (Å²) in [6.45, 7) is -0.557. The number of esters is 1. The van der Waals surface area contributed by atoms with Gasteiger partial charge in [-0.25, -0.2) is 0 Å². The minimum absolute atomic E-state index is 0.473. The molecule has 6 heteroatoms. The summed E-state index contributed by atoms with van der Waals surface area (Å²) in [5, 5.41) is 8.42. The second-order valence-corrected chi connectivity index (χ2v) is 2.57. The van der Waals surface area contributed by atoms with Crippen molar-refractivity contribution in [1.29, 1.82) is 0 Å². The Labute approximate surface area is 66.1 Å². The Hall–Kier alpha value is -0.780. The van der Waals surface area contributed by atoms with E-state index in [-0.39, 0.29) is 0 Å². The third-order valence-corrected chi connectivity index (χ3v) is 1.66. The predicted molar refractivity (Wildman–Crippen MR) is 31.1 cm³/mol. The Balaban J connectivity index is 2.64. The first kappa shape index (κ1) is 9.31. The van der Waals surface area contributed by atoms with E-state index in [1.807, 2.05) is 0 Å². The van der Waals surface area contributed by atoms with Crippen molar-refractivity contribution >= 4 is 5.97 Å². The van der Waals surface area contributed by atoms with Gasteiger partial charge in [-0.1, -0.05) is 0 Å². The van der Waals surface area contributed by atoms with E-state index in [0.717, 1.165) is 0 Å². The Kier molecular flexibility index (Phi) is 2.27. The largest absolute Gasteiger partial charge is 0.459 e. The van der Waals surface area contributed by atoms with Crippen molar-refractivity contribution in [2.45, 2.75) is 18.7 Å². The number of hydrogen-bond donors (Lipinski definition) is 1. The zero-order valence-corrected chi connectivity index (χ0v) is 5.97. The van der Waals surface area contributed by atoms with Crippen molar-refractivity contribution in [3.63, 3.8) is 0 Å². The maximum atomic E-state index is 11.9. The second-order valence-electron chi connectivity index (χ2n) is 2.57. The topological polar surface area (TPSA) is 46.5 Å². The molecule has 0 aromatic heterocycles. The predicted octanol–water partition coefficient (Wildman–Crippen LogP) is 0.473. The van der Waals surface area contributed by atoms with E-state index in [4.69, 9.17) is 5.11 Å². The lowest BCUT2D eigenvalue weighted by molar-refractivity contribution is -0.185. The van der Waals surface area contributed by atoms with Gasteiger partial charge in [0.2, 0.25) is 0 Å². The van der Waals surface area contributed by atoms with Crippen LogP contribution in [0.2, 0.25) is 0 Å². The molecule has 0 bridgehead atoms. The highest BCUT2D eigenvalue weighted by Gasteiger charge is 2.51. The molecule has 12 heavy (non-hydrogen) atoms. The molecule has 0 amide bonds. The lowest BCUT2D eigenvalue weighted by Crippen LogP contribution is -2.26. The number of hydrogen-bond acceptors (Lipinski definition) is 3. The van der Waals surface area contributed by atoms with Gasteiger partial charge in [-0.15, -0.1) is 0 Å². The van der Waals surface area contributed by atoms with E-state index in [2.05, 4.69) is 4.74 Å². The zero-order chi connectivity index (χ0) is 9.35. The number of halogens is 3. The van der Waals surface area contributed by atoms with Gasteiger partial charge >= 0.3 is 12.1 Å². The van der Waals surface area contributed by atoms with E-state index in [0.29, 0.717) is 0 Å². The molecule has 0 aromatic carbocycles. The SMILES string of the molecule is O=C1O[C@H](CO)C[C@@H]1C(F)(F)F. The lowest BCUT2D eigenvalue weighted by atomic mass is 10.1. The fourth-order valence-electron chi connectivity index (χ4n) is 1.03. The molecule has 1 saturated heterocycles. The molecular formula is C6H7F3O3.